The Morgan fingerprint density at radius 3 is 2.88 bits per heavy atom. The maximum absolute atomic E-state index is 10.4. The van der Waals surface area contributed by atoms with Crippen molar-refractivity contribution in [2.24, 2.45) is 5.73 Å². The summed E-state index contributed by atoms with van der Waals surface area (Å²) in [6.45, 7) is 0.0281. The summed E-state index contributed by atoms with van der Waals surface area (Å²) >= 11 is -2.40. The number of anilines is 1. The number of hydrogen-bond donors (Lipinski definition) is 3. The fourth-order valence-electron chi connectivity index (χ4n) is 1.28. The van der Waals surface area contributed by atoms with Gasteiger partial charge in [0.2, 0.25) is 0 Å². The van der Waals surface area contributed by atoms with Crippen LogP contribution in [-0.4, -0.2) is 27.5 Å². The molecule has 0 spiro atoms. The minimum Gasteiger partial charge on any atom is -0.755 e. The van der Waals surface area contributed by atoms with E-state index in [1.807, 2.05) is 0 Å². The van der Waals surface area contributed by atoms with E-state index in [4.69, 9.17) is 10.5 Å². The van der Waals surface area contributed by atoms with Crippen LogP contribution in [0.4, 0.5) is 5.69 Å². The lowest BCUT2D eigenvalue weighted by Gasteiger charge is -2.16. The standard InChI is InChI=1S/C9H14N2O4S/c1-15-9-3-2-6(11-16(13)14)4-7(9)8(12)5-10/h2-4,8,11-12H,5,10H2,1H3,(H,13,14)/p-1. The smallest absolute Gasteiger partial charge is 0.124 e. The molecule has 0 aliphatic carbocycles. The largest absolute Gasteiger partial charge is 0.755 e. The Morgan fingerprint density at radius 1 is 1.69 bits per heavy atom. The highest BCUT2D eigenvalue weighted by Gasteiger charge is 2.12. The summed E-state index contributed by atoms with van der Waals surface area (Å²) < 4.78 is 28.1. The van der Waals surface area contributed by atoms with Crippen molar-refractivity contribution < 1.29 is 18.6 Å². The molecule has 1 rings (SSSR count). The number of aliphatic hydroxyl groups excluding tert-OH is 1. The summed E-state index contributed by atoms with van der Waals surface area (Å²) in [4.78, 5) is 0. The van der Waals surface area contributed by atoms with Gasteiger partial charge in [-0.15, -0.1) is 0 Å². The van der Waals surface area contributed by atoms with Crippen LogP contribution in [0, 0.1) is 0 Å². The van der Waals surface area contributed by atoms with Gasteiger partial charge in [0.05, 0.1) is 13.2 Å². The molecule has 1 aromatic carbocycles. The molecule has 0 heterocycles. The Kier molecular flexibility index (Phi) is 4.69. The van der Waals surface area contributed by atoms with Gasteiger partial charge in [-0.05, 0) is 18.2 Å². The lowest BCUT2D eigenvalue weighted by Crippen LogP contribution is -2.13. The summed E-state index contributed by atoms with van der Waals surface area (Å²) in [6, 6.07) is 4.57. The zero-order valence-electron chi connectivity index (χ0n) is 8.67. The molecule has 6 nitrogen and oxygen atoms in total. The topological polar surface area (TPSA) is 108 Å². The molecule has 7 heteroatoms. The lowest BCUT2D eigenvalue weighted by molar-refractivity contribution is 0.182. The Morgan fingerprint density at radius 2 is 2.38 bits per heavy atom. The molecular formula is C9H13N2O4S-. The highest BCUT2D eigenvalue weighted by Crippen LogP contribution is 2.27. The Bertz CT molecular complexity index is 386. The highest BCUT2D eigenvalue weighted by molar-refractivity contribution is 7.80. The van der Waals surface area contributed by atoms with Crippen molar-refractivity contribution in [2.45, 2.75) is 6.10 Å². The van der Waals surface area contributed by atoms with Gasteiger partial charge in [-0.1, -0.05) is 0 Å². The lowest BCUT2D eigenvalue weighted by atomic mass is 10.1. The molecule has 0 aromatic heterocycles. The maximum Gasteiger partial charge on any atom is 0.124 e. The third kappa shape index (κ3) is 3.17. The molecule has 0 saturated heterocycles. The van der Waals surface area contributed by atoms with E-state index in [-0.39, 0.29) is 6.54 Å². The van der Waals surface area contributed by atoms with Crippen LogP contribution in [0.2, 0.25) is 0 Å². The normalized spacial score (nSPS) is 14.2. The van der Waals surface area contributed by atoms with E-state index in [0.29, 0.717) is 17.0 Å². The van der Waals surface area contributed by atoms with E-state index < -0.39 is 17.4 Å². The van der Waals surface area contributed by atoms with Crippen LogP contribution in [0.1, 0.15) is 11.7 Å². The number of rotatable bonds is 5. The second-order valence-electron chi connectivity index (χ2n) is 3.04. The molecule has 2 unspecified atom stereocenters. The maximum atomic E-state index is 10.4. The third-order valence-electron chi connectivity index (χ3n) is 2.01. The number of methoxy groups -OCH3 is 1. The van der Waals surface area contributed by atoms with E-state index in [1.54, 1.807) is 6.07 Å². The summed E-state index contributed by atoms with van der Waals surface area (Å²) in [5.41, 5.74) is 6.12. The van der Waals surface area contributed by atoms with Crippen LogP contribution < -0.4 is 15.2 Å². The number of nitrogens with one attached hydrogen (secondary N) is 1. The second kappa shape index (κ2) is 5.80. The molecular weight excluding hydrogens is 232 g/mol. The van der Waals surface area contributed by atoms with Crippen LogP contribution in [0.5, 0.6) is 5.75 Å². The van der Waals surface area contributed by atoms with E-state index in [2.05, 4.69) is 4.72 Å². The molecule has 0 saturated carbocycles. The second-order valence-corrected chi connectivity index (χ2v) is 3.72. The Balaban J connectivity index is 3.05. The number of hydrogen-bond acceptors (Lipinski definition) is 5. The third-order valence-corrected chi connectivity index (χ3v) is 2.42. The van der Waals surface area contributed by atoms with Gasteiger partial charge in [0.15, 0.2) is 0 Å². The van der Waals surface area contributed by atoms with Crippen molar-refractivity contribution in [1.29, 1.82) is 0 Å². The van der Waals surface area contributed by atoms with Crippen molar-refractivity contribution in [3.05, 3.63) is 23.8 Å². The summed E-state index contributed by atoms with van der Waals surface area (Å²) in [5.74, 6) is 0.459. The molecule has 0 bridgehead atoms. The predicted octanol–water partition coefficient (Wildman–Crippen LogP) is -0.107. The fourth-order valence-corrected chi connectivity index (χ4v) is 1.60. The van der Waals surface area contributed by atoms with Crippen LogP contribution in [0.3, 0.4) is 0 Å². The number of ether oxygens (including phenoxy) is 1. The quantitative estimate of drug-likeness (QED) is 0.627. The van der Waals surface area contributed by atoms with Gasteiger partial charge in [0, 0.05) is 29.1 Å². The molecule has 0 aliphatic heterocycles. The van der Waals surface area contributed by atoms with Gasteiger partial charge in [-0.3, -0.25) is 4.21 Å². The van der Waals surface area contributed by atoms with Gasteiger partial charge in [0.25, 0.3) is 0 Å². The Labute approximate surface area is 95.8 Å². The van der Waals surface area contributed by atoms with Crippen molar-refractivity contribution in [3.8, 4) is 5.75 Å². The zero-order valence-corrected chi connectivity index (χ0v) is 9.49. The predicted molar refractivity (Wildman–Crippen MR) is 59.6 cm³/mol. The fraction of sp³-hybridized carbons (Fsp3) is 0.333. The molecule has 0 amide bonds. The summed E-state index contributed by atoms with van der Waals surface area (Å²) in [6.07, 6.45) is -0.892. The molecule has 0 radical (unpaired) electrons. The minimum atomic E-state index is -2.40. The van der Waals surface area contributed by atoms with Gasteiger partial charge in [-0.2, -0.15) is 0 Å². The van der Waals surface area contributed by atoms with Crippen molar-refractivity contribution in [2.75, 3.05) is 18.4 Å². The van der Waals surface area contributed by atoms with Crippen molar-refractivity contribution >= 4 is 17.0 Å². The van der Waals surface area contributed by atoms with E-state index in [9.17, 15) is 13.9 Å². The average Bonchev–Trinajstić information content (AvgIpc) is 2.27. The van der Waals surface area contributed by atoms with E-state index in [0.717, 1.165) is 0 Å². The SMILES string of the molecule is COc1ccc(NS(=O)[O-])cc1C(O)CN. The van der Waals surface area contributed by atoms with Crippen LogP contribution in [-0.2, 0) is 11.3 Å². The van der Waals surface area contributed by atoms with Crippen molar-refractivity contribution in [1.82, 2.24) is 0 Å². The summed E-state index contributed by atoms with van der Waals surface area (Å²) in [7, 11) is 1.46. The first-order valence-electron chi connectivity index (χ1n) is 4.50. The van der Waals surface area contributed by atoms with Gasteiger partial charge >= 0.3 is 0 Å². The molecule has 4 N–H and O–H groups in total. The molecule has 16 heavy (non-hydrogen) atoms. The molecule has 0 fully saturated rings. The molecule has 1 aromatic rings. The van der Waals surface area contributed by atoms with Gasteiger partial charge in [-0.25, -0.2) is 0 Å². The summed E-state index contributed by atoms with van der Waals surface area (Å²) in [5, 5.41) is 9.61. The van der Waals surface area contributed by atoms with E-state index in [1.165, 1.54) is 19.2 Å². The highest BCUT2D eigenvalue weighted by atomic mass is 32.2. The van der Waals surface area contributed by atoms with Gasteiger partial charge < -0.3 is 24.9 Å². The van der Waals surface area contributed by atoms with Crippen LogP contribution in [0.25, 0.3) is 0 Å². The number of aliphatic hydroxyl groups is 1. The Hall–Kier alpha value is -1.15. The number of benzene rings is 1. The number of nitrogens with two attached hydrogens (primary N) is 1. The van der Waals surface area contributed by atoms with Crippen LogP contribution in [0.15, 0.2) is 18.2 Å². The molecule has 90 valence electrons. The monoisotopic (exact) mass is 245 g/mol. The van der Waals surface area contributed by atoms with Crippen molar-refractivity contribution in [3.63, 3.8) is 0 Å². The first-order valence-corrected chi connectivity index (χ1v) is 5.58. The van der Waals surface area contributed by atoms with Gasteiger partial charge in [0.1, 0.15) is 5.75 Å². The average molecular weight is 245 g/mol. The first-order chi connectivity index (χ1) is 7.58. The first kappa shape index (κ1) is 12.9. The van der Waals surface area contributed by atoms with E-state index >= 15 is 0 Å². The molecule has 2 atom stereocenters. The minimum absolute atomic E-state index is 0.0281. The van der Waals surface area contributed by atoms with Crippen LogP contribution >= 0.6 is 0 Å². The zero-order chi connectivity index (χ0) is 12.1. The molecule has 0 aliphatic rings.